The van der Waals surface area contributed by atoms with Gasteiger partial charge in [-0.15, -0.1) is 0 Å². The molecule has 0 bridgehead atoms. The van der Waals surface area contributed by atoms with E-state index in [2.05, 4.69) is 0 Å². The number of Topliss-reactive ketones (excluding diaryl/α,β-unsaturated/α-hetero) is 2. The van der Waals surface area contributed by atoms with Gasteiger partial charge in [-0.3, -0.25) is 19.3 Å². The number of ketones is 2. The lowest BCUT2D eigenvalue weighted by Crippen LogP contribution is -2.56. The van der Waals surface area contributed by atoms with E-state index in [-0.39, 0.29) is 0 Å². The monoisotopic (exact) mass is 426 g/mol. The Balaban J connectivity index is 2.02. The minimum absolute atomic E-state index is 0.292. The lowest BCUT2D eigenvalue weighted by Gasteiger charge is -2.38. The molecule has 160 valence electrons. The smallest absolute Gasteiger partial charge is 0.307 e. The number of hydrogen-bond donors (Lipinski definition) is 0. The fraction of sp³-hybridized carbons (Fsp3) is 0.154. The van der Waals surface area contributed by atoms with Gasteiger partial charge >= 0.3 is 6.03 Å². The highest BCUT2D eigenvalue weighted by Gasteiger charge is 2.64. The predicted molar refractivity (Wildman–Crippen MR) is 119 cm³/mol. The second kappa shape index (κ2) is 8.23. The molecule has 3 aromatic carbocycles. The van der Waals surface area contributed by atoms with Gasteiger partial charge < -0.3 is 4.90 Å². The second-order valence-electron chi connectivity index (χ2n) is 7.73. The zero-order valence-electron chi connectivity index (χ0n) is 17.8. The van der Waals surface area contributed by atoms with Crippen LogP contribution in [0.2, 0.25) is 0 Å². The molecule has 0 saturated carbocycles. The number of carbonyl (C=O) groups excluding carboxylic acids is 4. The molecule has 0 spiro atoms. The zero-order chi connectivity index (χ0) is 22.9. The van der Waals surface area contributed by atoms with Gasteiger partial charge in [-0.1, -0.05) is 91.0 Å². The number of hydrogen-bond acceptors (Lipinski definition) is 4. The normalized spacial score (nSPS) is 18.3. The van der Waals surface area contributed by atoms with Gasteiger partial charge in [0.15, 0.2) is 17.1 Å². The van der Waals surface area contributed by atoms with Crippen molar-refractivity contribution in [2.45, 2.75) is 5.54 Å². The van der Waals surface area contributed by atoms with E-state index in [1.165, 1.54) is 19.0 Å². The highest BCUT2D eigenvalue weighted by molar-refractivity contribution is 6.22. The van der Waals surface area contributed by atoms with Gasteiger partial charge in [0, 0.05) is 25.2 Å². The van der Waals surface area contributed by atoms with E-state index in [4.69, 9.17) is 0 Å². The molecule has 32 heavy (non-hydrogen) atoms. The van der Waals surface area contributed by atoms with Crippen molar-refractivity contribution in [3.05, 3.63) is 108 Å². The first-order chi connectivity index (χ1) is 15.4. The fourth-order valence-corrected chi connectivity index (χ4v) is 4.39. The van der Waals surface area contributed by atoms with Gasteiger partial charge in [0.05, 0.1) is 0 Å². The maximum atomic E-state index is 13.9. The standard InChI is InChI=1S/C26H22N2O4/c1-27-24(31)26(28(2)25(27)32,20-16-10-5-11-17-20)21(22(29)18-12-6-3-7-13-18)23(30)19-14-8-4-9-15-19/h3-17,21H,1-2H3/t26-/m1/s1. The van der Waals surface area contributed by atoms with E-state index in [1.807, 2.05) is 0 Å². The van der Waals surface area contributed by atoms with Gasteiger partial charge in [0.2, 0.25) is 0 Å². The topological polar surface area (TPSA) is 74.8 Å². The second-order valence-corrected chi connectivity index (χ2v) is 7.73. The summed E-state index contributed by atoms with van der Waals surface area (Å²) in [5, 5.41) is 0. The molecule has 0 aliphatic carbocycles. The Bertz CT molecular complexity index is 1130. The maximum Gasteiger partial charge on any atom is 0.327 e. The Morgan fingerprint density at radius 3 is 1.47 bits per heavy atom. The van der Waals surface area contributed by atoms with Crippen molar-refractivity contribution in [2.75, 3.05) is 14.1 Å². The molecule has 1 atom stereocenters. The predicted octanol–water partition coefficient (Wildman–Crippen LogP) is 3.79. The van der Waals surface area contributed by atoms with Gasteiger partial charge in [-0.25, -0.2) is 4.79 Å². The average Bonchev–Trinajstić information content (AvgIpc) is 3.02. The third-order valence-corrected chi connectivity index (χ3v) is 6.01. The first-order valence-electron chi connectivity index (χ1n) is 10.2. The highest BCUT2D eigenvalue weighted by Crippen LogP contribution is 2.44. The Kier molecular flexibility index (Phi) is 5.45. The van der Waals surface area contributed by atoms with Crippen LogP contribution in [0.4, 0.5) is 4.79 Å². The van der Waals surface area contributed by atoms with Crippen LogP contribution in [0, 0.1) is 5.92 Å². The molecule has 3 aromatic rings. The third-order valence-electron chi connectivity index (χ3n) is 6.01. The van der Waals surface area contributed by atoms with Gasteiger partial charge in [-0.05, 0) is 5.56 Å². The van der Waals surface area contributed by atoms with Crippen LogP contribution in [-0.2, 0) is 10.3 Å². The first-order valence-corrected chi connectivity index (χ1v) is 10.2. The van der Waals surface area contributed by atoms with Crippen LogP contribution in [0.3, 0.4) is 0 Å². The molecule has 1 saturated heterocycles. The zero-order valence-corrected chi connectivity index (χ0v) is 17.8. The molecule has 0 aromatic heterocycles. The lowest BCUT2D eigenvalue weighted by molar-refractivity contribution is -0.134. The molecule has 0 unspecified atom stereocenters. The summed E-state index contributed by atoms with van der Waals surface area (Å²) >= 11 is 0. The molecular formula is C26H22N2O4. The average molecular weight is 426 g/mol. The Morgan fingerprint density at radius 2 is 1.09 bits per heavy atom. The van der Waals surface area contributed by atoms with E-state index >= 15 is 0 Å². The number of imide groups is 1. The summed E-state index contributed by atoms with van der Waals surface area (Å²) in [5.41, 5.74) is -0.822. The summed E-state index contributed by atoms with van der Waals surface area (Å²) in [6, 6.07) is 24.7. The minimum atomic E-state index is -1.81. The van der Waals surface area contributed by atoms with Gasteiger partial charge in [0.1, 0.15) is 5.92 Å². The largest absolute Gasteiger partial charge is 0.327 e. The summed E-state index contributed by atoms with van der Waals surface area (Å²) in [6.07, 6.45) is 0. The molecule has 1 aliphatic rings. The SMILES string of the molecule is CN1C(=O)N(C)[C@](c2ccccc2)(C(C(=O)c2ccccc2)C(=O)c2ccccc2)C1=O. The summed E-state index contributed by atoms with van der Waals surface area (Å²) in [4.78, 5) is 56.6. The maximum absolute atomic E-state index is 13.9. The van der Waals surface area contributed by atoms with Crippen LogP contribution in [0.5, 0.6) is 0 Å². The van der Waals surface area contributed by atoms with Crippen LogP contribution >= 0.6 is 0 Å². The Morgan fingerprint density at radius 1 is 0.688 bits per heavy atom. The number of urea groups is 1. The van der Waals surface area contributed by atoms with Crippen LogP contribution in [-0.4, -0.2) is 47.4 Å². The van der Waals surface area contributed by atoms with E-state index in [1.54, 1.807) is 91.0 Å². The molecular weight excluding hydrogens is 404 g/mol. The fourth-order valence-electron chi connectivity index (χ4n) is 4.39. The molecule has 6 nitrogen and oxygen atoms in total. The van der Waals surface area contributed by atoms with Crippen molar-refractivity contribution in [1.82, 2.24) is 9.80 Å². The molecule has 1 fully saturated rings. The number of nitrogens with zero attached hydrogens (tertiary/aromatic N) is 2. The van der Waals surface area contributed by atoms with E-state index in [0.29, 0.717) is 16.7 Å². The lowest BCUT2D eigenvalue weighted by atomic mass is 9.70. The molecule has 0 N–H and O–H groups in total. The number of carbonyl (C=O) groups is 4. The highest BCUT2D eigenvalue weighted by atomic mass is 16.2. The Hall–Kier alpha value is -4.06. The minimum Gasteiger partial charge on any atom is -0.307 e. The third kappa shape index (κ3) is 3.12. The quantitative estimate of drug-likeness (QED) is 0.342. The number of likely N-dealkylation sites (N-methyl/N-ethyl adjacent to an activating group) is 2. The van der Waals surface area contributed by atoms with E-state index in [0.717, 1.165) is 4.90 Å². The molecule has 3 amide bonds. The Labute approximate surface area is 186 Å². The molecule has 1 aliphatic heterocycles. The van der Waals surface area contributed by atoms with Crippen molar-refractivity contribution < 1.29 is 19.2 Å². The number of benzene rings is 3. The van der Waals surface area contributed by atoms with E-state index in [9.17, 15) is 19.2 Å². The van der Waals surface area contributed by atoms with Gasteiger partial charge in [-0.2, -0.15) is 0 Å². The van der Waals surface area contributed by atoms with Crippen molar-refractivity contribution in [3.8, 4) is 0 Å². The van der Waals surface area contributed by atoms with Crippen LogP contribution in [0.1, 0.15) is 26.3 Å². The van der Waals surface area contributed by atoms with E-state index < -0.39 is 35.0 Å². The van der Waals surface area contributed by atoms with Crippen molar-refractivity contribution in [2.24, 2.45) is 5.92 Å². The number of amides is 3. The van der Waals surface area contributed by atoms with Crippen molar-refractivity contribution in [1.29, 1.82) is 0 Å². The molecule has 6 heteroatoms. The summed E-state index contributed by atoms with van der Waals surface area (Å²) in [5.74, 6) is -3.13. The van der Waals surface area contributed by atoms with Crippen LogP contribution in [0.15, 0.2) is 91.0 Å². The molecule has 0 radical (unpaired) electrons. The van der Waals surface area contributed by atoms with Gasteiger partial charge in [0.25, 0.3) is 5.91 Å². The van der Waals surface area contributed by atoms with Crippen molar-refractivity contribution >= 4 is 23.5 Å². The first kappa shape index (κ1) is 21.2. The summed E-state index contributed by atoms with van der Waals surface area (Å²) < 4.78 is 0. The molecule has 4 rings (SSSR count). The number of rotatable bonds is 6. The van der Waals surface area contributed by atoms with Crippen LogP contribution in [0.25, 0.3) is 0 Å². The van der Waals surface area contributed by atoms with Crippen molar-refractivity contribution in [3.63, 3.8) is 0 Å². The summed E-state index contributed by atoms with van der Waals surface area (Å²) in [6.45, 7) is 0. The van der Waals surface area contributed by atoms with Crippen LogP contribution < -0.4 is 0 Å². The molecule has 1 heterocycles. The summed E-state index contributed by atoms with van der Waals surface area (Å²) in [7, 11) is 2.82.